The van der Waals surface area contributed by atoms with Gasteiger partial charge in [0.25, 0.3) is 0 Å². The molecule has 0 amide bonds. The molecule has 2 aliphatic rings. The van der Waals surface area contributed by atoms with Gasteiger partial charge in [0.2, 0.25) is 0 Å². The molecule has 0 unspecified atom stereocenters. The Balaban J connectivity index is 1.78. The molecule has 0 N–H and O–H groups in total. The van der Waals surface area contributed by atoms with Gasteiger partial charge in [0, 0.05) is 13.1 Å². The maximum Gasteiger partial charge on any atom is 0.163 e. The molecule has 0 aromatic carbocycles. The van der Waals surface area contributed by atoms with Crippen molar-refractivity contribution in [1.82, 2.24) is 10.2 Å². The van der Waals surface area contributed by atoms with E-state index in [9.17, 15) is 0 Å². The van der Waals surface area contributed by atoms with E-state index in [4.69, 9.17) is 5.26 Å². The number of piperidine rings is 1. The van der Waals surface area contributed by atoms with Crippen LogP contribution in [0.5, 0.6) is 0 Å². The highest BCUT2D eigenvalue weighted by molar-refractivity contribution is 5.40. The van der Waals surface area contributed by atoms with E-state index in [-0.39, 0.29) is 0 Å². The zero-order chi connectivity index (χ0) is 11.0. The van der Waals surface area contributed by atoms with E-state index in [0.717, 1.165) is 18.9 Å². The minimum Gasteiger partial charge on any atom is -0.355 e. The molecule has 1 aliphatic heterocycles. The van der Waals surface area contributed by atoms with Gasteiger partial charge in [-0.1, -0.05) is 0 Å². The van der Waals surface area contributed by atoms with Gasteiger partial charge < -0.3 is 4.90 Å². The van der Waals surface area contributed by atoms with Gasteiger partial charge in [-0.2, -0.15) is 5.26 Å². The van der Waals surface area contributed by atoms with Crippen LogP contribution in [-0.2, 0) is 0 Å². The predicted octanol–water partition coefficient (Wildman–Crippen LogP) is 1.73. The summed E-state index contributed by atoms with van der Waals surface area (Å²) in [5.41, 5.74) is 0.982. The summed E-state index contributed by atoms with van der Waals surface area (Å²) in [6.45, 7) is 2.19. The standard InChI is InChI=1S/C12H14N4/c13-8-10-2-3-11(15-14-10)16-7-1-4-12(9-16)5-6-12/h2-3H,1,4-7,9H2. The maximum atomic E-state index is 8.67. The van der Waals surface area contributed by atoms with Crippen LogP contribution in [0.2, 0.25) is 0 Å². The minimum atomic E-state index is 0.391. The van der Waals surface area contributed by atoms with Crippen molar-refractivity contribution in [3.05, 3.63) is 17.8 Å². The minimum absolute atomic E-state index is 0.391. The lowest BCUT2D eigenvalue weighted by Crippen LogP contribution is -2.37. The number of anilines is 1. The highest BCUT2D eigenvalue weighted by Gasteiger charge is 2.45. The predicted molar refractivity (Wildman–Crippen MR) is 59.9 cm³/mol. The molecule has 4 nitrogen and oxygen atoms in total. The number of rotatable bonds is 1. The third-order valence-electron chi connectivity index (χ3n) is 3.71. The van der Waals surface area contributed by atoms with Gasteiger partial charge in [0.1, 0.15) is 6.07 Å². The average molecular weight is 214 g/mol. The first-order valence-electron chi connectivity index (χ1n) is 5.80. The molecule has 1 aromatic rings. The van der Waals surface area contributed by atoms with Crippen LogP contribution in [-0.4, -0.2) is 23.3 Å². The van der Waals surface area contributed by atoms with E-state index in [2.05, 4.69) is 15.1 Å². The fraction of sp³-hybridized carbons (Fsp3) is 0.583. The summed E-state index contributed by atoms with van der Waals surface area (Å²) in [5.74, 6) is 0.921. The van der Waals surface area contributed by atoms with Crippen molar-refractivity contribution in [2.24, 2.45) is 5.41 Å². The van der Waals surface area contributed by atoms with E-state index in [1.54, 1.807) is 6.07 Å². The second-order valence-corrected chi connectivity index (χ2v) is 4.91. The highest BCUT2D eigenvalue weighted by atomic mass is 15.3. The van der Waals surface area contributed by atoms with Crippen molar-refractivity contribution < 1.29 is 0 Å². The van der Waals surface area contributed by atoms with Crippen molar-refractivity contribution in [3.63, 3.8) is 0 Å². The van der Waals surface area contributed by atoms with Gasteiger partial charge >= 0.3 is 0 Å². The van der Waals surface area contributed by atoms with E-state index in [1.807, 2.05) is 12.1 Å². The highest BCUT2D eigenvalue weighted by Crippen LogP contribution is 2.52. The maximum absolute atomic E-state index is 8.67. The average Bonchev–Trinajstić information content (AvgIpc) is 3.09. The summed E-state index contributed by atoms with van der Waals surface area (Å²) >= 11 is 0. The molecule has 82 valence electrons. The molecule has 0 radical (unpaired) electrons. The second kappa shape index (κ2) is 3.44. The molecule has 1 saturated heterocycles. The largest absolute Gasteiger partial charge is 0.355 e. The number of nitriles is 1. The van der Waals surface area contributed by atoms with Crippen LogP contribution in [0.1, 0.15) is 31.4 Å². The van der Waals surface area contributed by atoms with E-state index >= 15 is 0 Å². The third kappa shape index (κ3) is 1.63. The molecular formula is C12H14N4. The van der Waals surface area contributed by atoms with Crippen molar-refractivity contribution in [3.8, 4) is 6.07 Å². The van der Waals surface area contributed by atoms with Crippen molar-refractivity contribution >= 4 is 5.82 Å². The summed E-state index contributed by atoms with van der Waals surface area (Å²) in [4.78, 5) is 2.31. The SMILES string of the molecule is N#Cc1ccc(N2CCCC3(CC3)C2)nn1. The Hall–Kier alpha value is -1.63. The Bertz CT molecular complexity index is 427. The second-order valence-electron chi connectivity index (χ2n) is 4.91. The molecule has 1 spiro atoms. The fourth-order valence-electron chi connectivity index (χ4n) is 2.54. The summed E-state index contributed by atoms with van der Waals surface area (Å²) in [5, 5.41) is 16.7. The first kappa shape index (κ1) is 9.59. The molecule has 2 heterocycles. The van der Waals surface area contributed by atoms with Gasteiger partial charge in [0.05, 0.1) is 0 Å². The summed E-state index contributed by atoms with van der Waals surface area (Å²) in [6.07, 6.45) is 5.36. The number of hydrogen-bond donors (Lipinski definition) is 0. The smallest absolute Gasteiger partial charge is 0.163 e. The molecule has 0 bridgehead atoms. The quantitative estimate of drug-likeness (QED) is 0.714. The topological polar surface area (TPSA) is 52.8 Å². The molecule has 3 rings (SSSR count). The number of hydrogen-bond acceptors (Lipinski definition) is 4. The first-order chi connectivity index (χ1) is 7.81. The fourth-order valence-corrected chi connectivity index (χ4v) is 2.54. The molecule has 1 aliphatic carbocycles. The molecule has 1 saturated carbocycles. The Labute approximate surface area is 94.9 Å². The zero-order valence-corrected chi connectivity index (χ0v) is 9.19. The molecular weight excluding hydrogens is 200 g/mol. The van der Waals surface area contributed by atoms with E-state index in [1.165, 1.54) is 25.7 Å². The molecule has 2 fully saturated rings. The zero-order valence-electron chi connectivity index (χ0n) is 9.19. The van der Waals surface area contributed by atoms with Crippen LogP contribution in [0.25, 0.3) is 0 Å². The summed E-state index contributed by atoms with van der Waals surface area (Å²) in [7, 11) is 0. The molecule has 0 atom stereocenters. The van der Waals surface area contributed by atoms with Crippen LogP contribution in [0, 0.1) is 16.7 Å². The lowest BCUT2D eigenvalue weighted by atomic mass is 9.95. The van der Waals surface area contributed by atoms with Gasteiger partial charge in [-0.05, 0) is 43.2 Å². The first-order valence-corrected chi connectivity index (χ1v) is 5.80. The lowest BCUT2D eigenvalue weighted by molar-refractivity contribution is 0.393. The monoisotopic (exact) mass is 214 g/mol. The molecule has 16 heavy (non-hydrogen) atoms. The lowest BCUT2D eigenvalue weighted by Gasteiger charge is -2.33. The van der Waals surface area contributed by atoms with Crippen LogP contribution >= 0.6 is 0 Å². The van der Waals surface area contributed by atoms with E-state index in [0.29, 0.717) is 11.1 Å². The summed E-state index contributed by atoms with van der Waals surface area (Å²) in [6, 6.07) is 5.65. The number of nitrogens with zero attached hydrogens (tertiary/aromatic N) is 4. The van der Waals surface area contributed by atoms with Gasteiger partial charge in [-0.3, -0.25) is 0 Å². The van der Waals surface area contributed by atoms with Gasteiger partial charge in [0.15, 0.2) is 11.5 Å². The third-order valence-corrected chi connectivity index (χ3v) is 3.71. The summed E-state index contributed by atoms with van der Waals surface area (Å²) < 4.78 is 0. The van der Waals surface area contributed by atoms with Gasteiger partial charge in [-0.15, -0.1) is 10.2 Å². The van der Waals surface area contributed by atoms with Crippen LogP contribution in [0.3, 0.4) is 0 Å². The Morgan fingerprint density at radius 1 is 1.25 bits per heavy atom. The number of aromatic nitrogens is 2. The van der Waals surface area contributed by atoms with Crippen molar-refractivity contribution in [1.29, 1.82) is 5.26 Å². The van der Waals surface area contributed by atoms with Crippen molar-refractivity contribution in [2.45, 2.75) is 25.7 Å². The van der Waals surface area contributed by atoms with Gasteiger partial charge in [-0.25, -0.2) is 0 Å². The van der Waals surface area contributed by atoms with Crippen LogP contribution in [0.15, 0.2) is 12.1 Å². The van der Waals surface area contributed by atoms with Crippen LogP contribution in [0.4, 0.5) is 5.82 Å². The Morgan fingerprint density at radius 2 is 2.12 bits per heavy atom. The van der Waals surface area contributed by atoms with E-state index < -0.39 is 0 Å². The Morgan fingerprint density at radius 3 is 2.75 bits per heavy atom. The normalized spacial score (nSPS) is 21.8. The van der Waals surface area contributed by atoms with Crippen molar-refractivity contribution in [2.75, 3.05) is 18.0 Å². The van der Waals surface area contributed by atoms with Crippen LogP contribution < -0.4 is 4.90 Å². The molecule has 1 aromatic heterocycles. The molecule has 4 heteroatoms. The Kier molecular flexibility index (Phi) is 2.06.